The van der Waals surface area contributed by atoms with Crippen LogP contribution in [0.5, 0.6) is 0 Å². The van der Waals surface area contributed by atoms with Crippen molar-refractivity contribution in [2.75, 3.05) is 32.7 Å². The number of nitrogens with one attached hydrogen (secondary N) is 1. The molecule has 1 aromatic carbocycles. The van der Waals surface area contributed by atoms with E-state index in [4.69, 9.17) is 16.3 Å². The fourth-order valence-corrected chi connectivity index (χ4v) is 2.16. The van der Waals surface area contributed by atoms with Gasteiger partial charge in [-0.05, 0) is 38.6 Å². The maximum Gasteiger partial charge on any atom is 0.0663 e. The Labute approximate surface area is 115 Å². The lowest BCUT2D eigenvalue weighted by atomic mass is 10.1. The van der Waals surface area contributed by atoms with Crippen LogP contribution in [0, 0.1) is 0 Å². The quantitative estimate of drug-likeness (QED) is 0.860. The molecule has 0 aliphatic rings. The predicted octanol–water partition coefficient (Wildman–Crippen LogP) is 3.09. The van der Waals surface area contributed by atoms with Crippen molar-refractivity contribution < 1.29 is 4.74 Å². The van der Waals surface area contributed by atoms with E-state index < -0.39 is 0 Å². The smallest absolute Gasteiger partial charge is 0.0663 e. The monoisotopic (exact) mass is 270 g/mol. The van der Waals surface area contributed by atoms with Gasteiger partial charge < -0.3 is 15.0 Å². The maximum absolute atomic E-state index is 6.36. The first-order valence-corrected chi connectivity index (χ1v) is 6.57. The van der Waals surface area contributed by atoms with Crippen LogP contribution in [0.25, 0.3) is 0 Å². The molecule has 0 aromatic heterocycles. The van der Waals surface area contributed by atoms with Crippen LogP contribution in [0.1, 0.15) is 25.5 Å². The zero-order valence-electron chi connectivity index (χ0n) is 11.8. The molecule has 0 aliphatic heterocycles. The van der Waals surface area contributed by atoms with Crippen LogP contribution in [0.4, 0.5) is 5.69 Å². The number of hydrogen-bond donors (Lipinski definition) is 1. The number of rotatable bonds is 6. The zero-order chi connectivity index (χ0) is 13.7. The van der Waals surface area contributed by atoms with E-state index in [2.05, 4.69) is 36.2 Å². The molecule has 18 heavy (non-hydrogen) atoms. The topological polar surface area (TPSA) is 24.5 Å². The highest BCUT2D eigenvalue weighted by molar-refractivity contribution is 6.33. The van der Waals surface area contributed by atoms with Crippen LogP contribution in [0.15, 0.2) is 18.2 Å². The largest absolute Gasteiger partial charge is 0.383 e. The number of hydrogen-bond acceptors (Lipinski definition) is 3. The molecule has 1 N–H and O–H groups in total. The summed E-state index contributed by atoms with van der Waals surface area (Å²) >= 11 is 6.36. The van der Waals surface area contributed by atoms with Gasteiger partial charge in [-0.3, -0.25) is 0 Å². The van der Waals surface area contributed by atoms with E-state index in [0.717, 1.165) is 10.7 Å². The van der Waals surface area contributed by atoms with E-state index in [1.807, 2.05) is 20.2 Å². The Morgan fingerprint density at radius 2 is 2.06 bits per heavy atom. The van der Waals surface area contributed by atoms with Crippen molar-refractivity contribution in [3.8, 4) is 0 Å². The normalized spacial score (nSPS) is 14.3. The molecule has 2 atom stereocenters. The van der Waals surface area contributed by atoms with Crippen LogP contribution in [0.2, 0.25) is 5.02 Å². The Kier molecular flexibility index (Phi) is 5.93. The van der Waals surface area contributed by atoms with E-state index in [1.165, 1.54) is 5.56 Å². The van der Waals surface area contributed by atoms with Crippen LogP contribution in [0.3, 0.4) is 0 Å². The molecule has 0 amide bonds. The second kappa shape index (κ2) is 6.98. The van der Waals surface area contributed by atoms with Crippen molar-refractivity contribution in [3.05, 3.63) is 28.8 Å². The van der Waals surface area contributed by atoms with Crippen molar-refractivity contribution in [2.24, 2.45) is 0 Å². The molecule has 0 saturated heterocycles. The summed E-state index contributed by atoms with van der Waals surface area (Å²) < 4.78 is 5.17. The molecule has 0 radical (unpaired) electrons. The van der Waals surface area contributed by atoms with Gasteiger partial charge in [-0.15, -0.1) is 0 Å². The molecular weight excluding hydrogens is 248 g/mol. The number of benzene rings is 1. The molecule has 3 nitrogen and oxygen atoms in total. The summed E-state index contributed by atoms with van der Waals surface area (Å²) in [4.78, 5) is 2.14. The number of ether oxygens (including phenoxy) is 1. The Hall–Kier alpha value is -0.770. The van der Waals surface area contributed by atoms with E-state index >= 15 is 0 Å². The van der Waals surface area contributed by atoms with Crippen molar-refractivity contribution in [1.29, 1.82) is 0 Å². The first kappa shape index (κ1) is 15.3. The number of methoxy groups -OCH3 is 1. The lowest BCUT2D eigenvalue weighted by Crippen LogP contribution is -2.32. The van der Waals surface area contributed by atoms with Crippen LogP contribution < -0.4 is 10.2 Å². The Bertz CT molecular complexity index is 384. The Morgan fingerprint density at radius 1 is 1.39 bits per heavy atom. The van der Waals surface area contributed by atoms with Crippen LogP contribution in [-0.2, 0) is 4.74 Å². The number of nitrogens with zero attached hydrogens (tertiary/aromatic N) is 1. The minimum Gasteiger partial charge on any atom is -0.383 e. The third-order valence-corrected chi connectivity index (χ3v) is 3.66. The molecular formula is C14H23ClN2O. The molecule has 0 saturated carbocycles. The molecule has 1 aromatic rings. The molecule has 2 unspecified atom stereocenters. The average molecular weight is 271 g/mol. The lowest BCUT2D eigenvalue weighted by Gasteiger charge is -2.28. The first-order chi connectivity index (χ1) is 8.51. The second-order valence-corrected chi connectivity index (χ2v) is 5.04. The number of likely N-dealkylation sites (N-methyl/N-ethyl adjacent to an activating group) is 1. The number of halogens is 1. The van der Waals surface area contributed by atoms with Crippen LogP contribution >= 0.6 is 11.6 Å². The van der Waals surface area contributed by atoms with Gasteiger partial charge in [-0.1, -0.05) is 17.7 Å². The summed E-state index contributed by atoms with van der Waals surface area (Å²) in [6, 6.07) is 6.79. The van der Waals surface area contributed by atoms with E-state index in [-0.39, 0.29) is 0 Å². The third-order valence-electron chi connectivity index (χ3n) is 3.35. The Morgan fingerprint density at radius 3 is 2.56 bits per heavy atom. The van der Waals surface area contributed by atoms with Gasteiger partial charge in [0.25, 0.3) is 0 Å². The minimum atomic E-state index is 0.292. The fraction of sp³-hybridized carbons (Fsp3) is 0.571. The van der Waals surface area contributed by atoms with Gasteiger partial charge in [0.1, 0.15) is 0 Å². The van der Waals surface area contributed by atoms with Crippen molar-refractivity contribution >= 4 is 17.3 Å². The highest BCUT2D eigenvalue weighted by atomic mass is 35.5. The Balaban J connectivity index is 2.91. The van der Waals surface area contributed by atoms with Gasteiger partial charge in [0, 0.05) is 26.2 Å². The van der Waals surface area contributed by atoms with E-state index in [1.54, 1.807) is 7.11 Å². The highest BCUT2D eigenvalue weighted by Gasteiger charge is 2.14. The summed E-state index contributed by atoms with van der Waals surface area (Å²) in [6.45, 7) is 4.91. The van der Waals surface area contributed by atoms with Gasteiger partial charge in [-0.2, -0.15) is 0 Å². The zero-order valence-corrected chi connectivity index (χ0v) is 12.6. The standard InChI is InChI=1S/C14H23ClN2O/c1-10(9-18-5)17(4)14-7-6-12(8-13(14)15)11(2)16-3/h6-8,10-11,16H,9H2,1-5H3. The molecule has 4 heteroatoms. The van der Waals surface area contributed by atoms with Gasteiger partial charge in [0.15, 0.2) is 0 Å². The molecule has 0 aliphatic carbocycles. The van der Waals surface area contributed by atoms with Gasteiger partial charge in [0.05, 0.1) is 17.3 Å². The van der Waals surface area contributed by atoms with Gasteiger partial charge in [-0.25, -0.2) is 0 Å². The molecule has 0 fully saturated rings. The SMILES string of the molecule is CNC(C)c1ccc(N(C)C(C)COC)c(Cl)c1. The van der Waals surface area contributed by atoms with Gasteiger partial charge in [0.2, 0.25) is 0 Å². The van der Waals surface area contributed by atoms with Crippen molar-refractivity contribution in [3.63, 3.8) is 0 Å². The van der Waals surface area contributed by atoms with Crippen LogP contribution in [-0.4, -0.2) is 33.9 Å². The molecule has 1 rings (SSSR count). The van der Waals surface area contributed by atoms with Crippen molar-refractivity contribution in [1.82, 2.24) is 5.32 Å². The van der Waals surface area contributed by atoms with Gasteiger partial charge >= 0.3 is 0 Å². The fourth-order valence-electron chi connectivity index (χ4n) is 1.84. The molecule has 0 heterocycles. The first-order valence-electron chi connectivity index (χ1n) is 6.19. The maximum atomic E-state index is 6.36. The summed E-state index contributed by atoms with van der Waals surface area (Å²) in [5.74, 6) is 0. The highest BCUT2D eigenvalue weighted by Crippen LogP contribution is 2.29. The number of anilines is 1. The minimum absolute atomic E-state index is 0.292. The lowest BCUT2D eigenvalue weighted by molar-refractivity contribution is 0.183. The van der Waals surface area contributed by atoms with E-state index in [0.29, 0.717) is 18.7 Å². The summed E-state index contributed by atoms with van der Waals surface area (Å²) in [5.41, 5.74) is 2.23. The third kappa shape index (κ3) is 3.61. The van der Waals surface area contributed by atoms with E-state index in [9.17, 15) is 0 Å². The molecule has 0 bridgehead atoms. The molecule has 102 valence electrons. The summed E-state index contributed by atoms with van der Waals surface area (Å²) in [7, 11) is 5.69. The average Bonchev–Trinajstić information content (AvgIpc) is 2.37. The second-order valence-electron chi connectivity index (χ2n) is 4.64. The predicted molar refractivity (Wildman–Crippen MR) is 78.7 cm³/mol. The summed E-state index contributed by atoms with van der Waals surface area (Å²) in [6.07, 6.45) is 0. The molecule has 0 spiro atoms. The summed E-state index contributed by atoms with van der Waals surface area (Å²) in [5, 5.41) is 3.99. The van der Waals surface area contributed by atoms with Crippen molar-refractivity contribution in [2.45, 2.75) is 25.9 Å².